The molecule has 1 saturated heterocycles. The minimum absolute atomic E-state index is 0.315. The van der Waals surface area contributed by atoms with Crippen LogP contribution in [0.1, 0.15) is 35.2 Å². The highest BCUT2D eigenvalue weighted by atomic mass is 16.4. The van der Waals surface area contributed by atoms with Gasteiger partial charge in [0.15, 0.2) is 5.76 Å². The van der Waals surface area contributed by atoms with Gasteiger partial charge in [-0.25, -0.2) is 5.84 Å². The van der Waals surface area contributed by atoms with E-state index < -0.39 is 0 Å². The van der Waals surface area contributed by atoms with Gasteiger partial charge in [-0.2, -0.15) is 0 Å². The van der Waals surface area contributed by atoms with E-state index in [0.29, 0.717) is 5.76 Å². The minimum Gasteiger partial charge on any atom is -0.454 e. The molecule has 94 valence electrons. The molecule has 1 aromatic rings. The van der Waals surface area contributed by atoms with E-state index in [2.05, 4.69) is 17.2 Å². The van der Waals surface area contributed by atoms with Crippen molar-refractivity contribution in [1.82, 2.24) is 10.3 Å². The van der Waals surface area contributed by atoms with Gasteiger partial charge in [0.25, 0.3) is 0 Å². The molecule has 0 aromatic carbocycles. The highest BCUT2D eigenvalue weighted by molar-refractivity contribution is 5.92. The van der Waals surface area contributed by atoms with Crippen molar-refractivity contribution in [3.63, 3.8) is 0 Å². The molecule has 0 bridgehead atoms. The zero-order valence-electron chi connectivity index (χ0n) is 10.3. The fourth-order valence-electron chi connectivity index (χ4n) is 2.31. The quantitative estimate of drug-likeness (QED) is 0.468. The Balaban J connectivity index is 2.05. The summed E-state index contributed by atoms with van der Waals surface area (Å²) >= 11 is 0. The number of carbonyl (C=O) groups is 1. The first-order valence-corrected chi connectivity index (χ1v) is 5.92. The predicted octanol–water partition coefficient (Wildman–Crippen LogP) is 1.03. The summed E-state index contributed by atoms with van der Waals surface area (Å²) in [5, 5.41) is 0. The Morgan fingerprint density at radius 1 is 1.71 bits per heavy atom. The van der Waals surface area contributed by atoms with Crippen molar-refractivity contribution in [2.75, 3.05) is 13.1 Å². The van der Waals surface area contributed by atoms with Gasteiger partial charge in [-0.15, -0.1) is 0 Å². The van der Waals surface area contributed by atoms with E-state index in [4.69, 9.17) is 10.3 Å². The van der Waals surface area contributed by atoms with Crippen LogP contribution in [0.15, 0.2) is 10.5 Å². The second-order valence-electron chi connectivity index (χ2n) is 4.83. The second-order valence-corrected chi connectivity index (χ2v) is 4.83. The van der Waals surface area contributed by atoms with Gasteiger partial charge < -0.3 is 4.42 Å². The van der Waals surface area contributed by atoms with Gasteiger partial charge in [0.1, 0.15) is 5.76 Å². The maximum absolute atomic E-state index is 11.4. The molecular weight excluding hydrogens is 218 g/mol. The Bertz CT molecular complexity index is 414. The van der Waals surface area contributed by atoms with E-state index >= 15 is 0 Å². The number of hydrogen-bond donors (Lipinski definition) is 2. The van der Waals surface area contributed by atoms with Crippen LogP contribution in [0, 0.1) is 12.8 Å². The van der Waals surface area contributed by atoms with Crippen LogP contribution in [-0.4, -0.2) is 23.9 Å². The molecule has 0 saturated carbocycles. The maximum atomic E-state index is 11.4. The van der Waals surface area contributed by atoms with Crippen molar-refractivity contribution in [2.45, 2.75) is 26.8 Å². The largest absolute Gasteiger partial charge is 0.454 e. The number of nitrogens with one attached hydrogen (secondary N) is 1. The van der Waals surface area contributed by atoms with Gasteiger partial charge in [-0.05, 0) is 31.9 Å². The van der Waals surface area contributed by atoms with Crippen LogP contribution in [0.3, 0.4) is 0 Å². The van der Waals surface area contributed by atoms with Crippen molar-refractivity contribution in [3.05, 3.63) is 23.2 Å². The third kappa shape index (κ3) is 2.68. The molecule has 17 heavy (non-hydrogen) atoms. The molecule has 1 aliphatic rings. The summed E-state index contributed by atoms with van der Waals surface area (Å²) in [4.78, 5) is 13.7. The average molecular weight is 237 g/mol. The second kappa shape index (κ2) is 4.89. The Hall–Kier alpha value is -1.33. The summed E-state index contributed by atoms with van der Waals surface area (Å²) in [7, 11) is 0. The molecule has 1 amide bonds. The van der Waals surface area contributed by atoms with E-state index in [-0.39, 0.29) is 5.91 Å². The topological polar surface area (TPSA) is 71.5 Å². The van der Waals surface area contributed by atoms with Gasteiger partial charge in [0.2, 0.25) is 0 Å². The lowest BCUT2D eigenvalue weighted by molar-refractivity contribution is 0.0921. The molecule has 1 aromatic heterocycles. The Kier molecular flexibility index (Phi) is 3.49. The monoisotopic (exact) mass is 237 g/mol. The smallest absolute Gasteiger partial charge is 0.301 e. The van der Waals surface area contributed by atoms with Crippen LogP contribution >= 0.6 is 0 Å². The number of nitrogens with zero attached hydrogens (tertiary/aromatic N) is 1. The number of hydrazine groups is 1. The molecule has 2 heterocycles. The van der Waals surface area contributed by atoms with Gasteiger partial charge in [0, 0.05) is 12.1 Å². The lowest BCUT2D eigenvalue weighted by atomic mass is 10.2. The molecular formula is C12H19N3O2. The number of aryl methyl sites for hydroxylation is 1. The standard InChI is InChI=1S/C12H19N3O2/c1-8-3-4-15(6-8)7-10-5-9(2)11(17-10)12(16)14-13/h5,8H,3-4,6-7,13H2,1-2H3,(H,14,16). The van der Waals surface area contributed by atoms with Crippen LogP contribution < -0.4 is 11.3 Å². The molecule has 5 heteroatoms. The van der Waals surface area contributed by atoms with E-state index in [1.807, 2.05) is 13.0 Å². The lowest BCUT2D eigenvalue weighted by Crippen LogP contribution is -2.30. The van der Waals surface area contributed by atoms with E-state index in [9.17, 15) is 4.79 Å². The molecule has 1 aliphatic heterocycles. The molecule has 0 radical (unpaired) electrons. The predicted molar refractivity (Wildman–Crippen MR) is 64.2 cm³/mol. The molecule has 3 N–H and O–H groups in total. The molecule has 1 atom stereocenters. The number of likely N-dealkylation sites (tertiary alicyclic amines) is 1. The zero-order valence-corrected chi connectivity index (χ0v) is 10.3. The molecule has 2 rings (SSSR count). The van der Waals surface area contributed by atoms with Gasteiger partial charge in [-0.1, -0.05) is 6.92 Å². The first-order valence-electron chi connectivity index (χ1n) is 5.92. The molecule has 0 aliphatic carbocycles. The van der Waals surface area contributed by atoms with E-state index in [1.54, 1.807) is 0 Å². The number of nitrogens with two attached hydrogens (primary N) is 1. The van der Waals surface area contributed by atoms with Crippen molar-refractivity contribution in [1.29, 1.82) is 0 Å². The number of carbonyl (C=O) groups excluding carboxylic acids is 1. The Labute approximate surface area is 101 Å². The molecule has 1 fully saturated rings. The van der Waals surface area contributed by atoms with Gasteiger partial charge >= 0.3 is 5.91 Å². The van der Waals surface area contributed by atoms with Crippen LogP contribution in [0.5, 0.6) is 0 Å². The normalized spacial score (nSPS) is 20.8. The fraction of sp³-hybridized carbons (Fsp3) is 0.583. The molecule has 0 spiro atoms. The molecule has 1 unspecified atom stereocenters. The summed E-state index contributed by atoms with van der Waals surface area (Å²) in [6.45, 7) is 7.06. The van der Waals surface area contributed by atoms with E-state index in [1.165, 1.54) is 6.42 Å². The number of hydrogen-bond acceptors (Lipinski definition) is 4. The van der Waals surface area contributed by atoms with Crippen molar-refractivity contribution >= 4 is 5.91 Å². The lowest BCUT2D eigenvalue weighted by Gasteiger charge is -2.12. The van der Waals surface area contributed by atoms with Crippen molar-refractivity contribution < 1.29 is 9.21 Å². The van der Waals surface area contributed by atoms with Gasteiger partial charge in [0.05, 0.1) is 6.54 Å². The van der Waals surface area contributed by atoms with E-state index in [0.717, 1.165) is 36.9 Å². The summed E-state index contributed by atoms with van der Waals surface area (Å²) < 4.78 is 5.53. The van der Waals surface area contributed by atoms with Crippen LogP contribution in [0.4, 0.5) is 0 Å². The summed E-state index contributed by atoms with van der Waals surface area (Å²) in [6.07, 6.45) is 1.23. The highest BCUT2D eigenvalue weighted by Gasteiger charge is 2.21. The fourth-order valence-corrected chi connectivity index (χ4v) is 2.31. The highest BCUT2D eigenvalue weighted by Crippen LogP contribution is 2.20. The minimum atomic E-state index is -0.372. The Morgan fingerprint density at radius 2 is 2.47 bits per heavy atom. The zero-order chi connectivity index (χ0) is 12.4. The molecule has 5 nitrogen and oxygen atoms in total. The Morgan fingerprint density at radius 3 is 3.06 bits per heavy atom. The van der Waals surface area contributed by atoms with Crippen molar-refractivity contribution in [2.24, 2.45) is 11.8 Å². The number of amides is 1. The maximum Gasteiger partial charge on any atom is 0.301 e. The van der Waals surface area contributed by atoms with Crippen LogP contribution in [0.2, 0.25) is 0 Å². The summed E-state index contributed by atoms with van der Waals surface area (Å²) in [5.41, 5.74) is 2.92. The van der Waals surface area contributed by atoms with Crippen molar-refractivity contribution in [3.8, 4) is 0 Å². The van der Waals surface area contributed by atoms with Crippen LogP contribution in [0.25, 0.3) is 0 Å². The average Bonchev–Trinajstić information content (AvgIpc) is 2.85. The number of furan rings is 1. The van der Waals surface area contributed by atoms with Gasteiger partial charge in [-0.3, -0.25) is 15.1 Å². The third-order valence-corrected chi connectivity index (χ3v) is 3.19. The number of nitrogen functional groups attached to an aromatic ring is 1. The number of rotatable bonds is 3. The first kappa shape index (κ1) is 12.1. The SMILES string of the molecule is Cc1cc(CN2CCC(C)C2)oc1C(=O)NN. The summed E-state index contributed by atoms with van der Waals surface area (Å²) in [5.74, 6) is 6.61. The summed E-state index contributed by atoms with van der Waals surface area (Å²) in [6, 6.07) is 1.91. The van der Waals surface area contributed by atoms with Crippen LogP contribution in [-0.2, 0) is 6.54 Å². The first-order chi connectivity index (χ1) is 8.10. The third-order valence-electron chi connectivity index (χ3n) is 3.19.